The third-order valence-electron chi connectivity index (χ3n) is 2.92. The van der Waals surface area contributed by atoms with Crippen LogP contribution >= 0.6 is 0 Å². The summed E-state index contributed by atoms with van der Waals surface area (Å²) in [6.45, 7) is 2.18. The second kappa shape index (κ2) is 5.50. The van der Waals surface area contributed by atoms with Crippen LogP contribution in [0.5, 0.6) is 0 Å². The minimum Gasteiger partial charge on any atom is -0.384 e. The van der Waals surface area contributed by atoms with E-state index in [4.69, 9.17) is 11.1 Å². The summed E-state index contributed by atoms with van der Waals surface area (Å²) in [6.07, 6.45) is 2.27. The quantitative estimate of drug-likeness (QED) is 0.621. The van der Waals surface area contributed by atoms with Gasteiger partial charge in [-0.2, -0.15) is 0 Å². The maximum absolute atomic E-state index is 7.45. The Morgan fingerprint density at radius 3 is 2.56 bits per heavy atom. The molecule has 3 N–H and O–H groups in total. The molecule has 0 aliphatic carbocycles. The number of nitrogens with two attached hydrogens (primary N) is 1. The molecule has 0 fully saturated rings. The molecule has 2 heteroatoms. The molecule has 0 heterocycles. The van der Waals surface area contributed by atoms with Gasteiger partial charge in [-0.1, -0.05) is 49.7 Å². The molecule has 0 unspecified atom stereocenters. The molecule has 2 aromatic rings. The predicted molar refractivity (Wildman–Crippen MR) is 75.7 cm³/mol. The first-order valence-electron chi connectivity index (χ1n) is 6.16. The van der Waals surface area contributed by atoms with Crippen LogP contribution in [0.1, 0.15) is 24.5 Å². The highest BCUT2D eigenvalue weighted by Crippen LogP contribution is 2.20. The van der Waals surface area contributed by atoms with Crippen LogP contribution in [0.3, 0.4) is 0 Å². The molecular formula is C16H17N2. The molecular weight excluding hydrogens is 220 g/mol. The summed E-state index contributed by atoms with van der Waals surface area (Å²) in [6, 6.07) is 17.2. The lowest BCUT2D eigenvalue weighted by atomic mass is 10.0. The molecule has 0 spiro atoms. The van der Waals surface area contributed by atoms with Crippen molar-refractivity contribution in [3.8, 4) is 11.1 Å². The van der Waals surface area contributed by atoms with E-state index in [2.05, 4.69) is 37.3 Å². The standard InChI is InChI=1S/C16H17N2/c1-2-4-12-7-9-13(10-8-12)14-5-3-6-15(11-14)16(17)18/h3,6-11H,2,4H2,1H3,(H3,17,18). The molecule has 0 bridgehead atoms. The van der Waals surface area contributed by atoms with E-state index in [1.54, 1.807) is 6.07 Å². The van der Waals surface area contributed by atoms with Crippen LogP contribution in [0.2, 0.25) is 0 Å². The number of benzene rings is 2. The summed E-state index contributed by atoms with van der Waals surface area (Å²) in [7, 11) is 0. The van der Waals surface area contributed by atoms with Gasteiger partial charge in [0.05, 0.1) is 0 Å². The van der Waals surface area contributed by atoms with Gasteiger partial charge in [0.15, 0.2) is 0 Å². The fourth-order valence-electron chi connectivity index (χ4n) is 1.94. The van der Waals surface area contributed by atoms with Crippen molar-refractivity contribution < 1.29 is 0 Å². The number of rotatable bonds is 4. The SMILES string of the molecule is CCCc1ccc(-c2[c]ccc(C(=N)N)c2)cc1. The molecule has 0 saturated heterocycles. The van der Waals surface area contributed by atoms with E-state index in [0.717, 1.165) is 29.5 Å². The summed E-state index contributed by atoms with van der Waals surface area (Å²) >= 11 is 0. The third kappa shape index (κ3) is 2.77. The first-order valence-corrected chi connectivity index (χ1v) is 6.16. The number of hydrogen-bond acceptors (Lipinski definition) is 1. The summed E-state index contributed by atoms with van der Waals surface area (Å²) in [5.74, 6) is 0.0906. The summed E-state index contributed by atoms with van der Waals surface area (Å²) in [5, 5.41) is 7.45. The van der Waals surface area contributed by atoms with Crippen LogP contribution in [-0.4, -0.2) is 5.84 Å². The topological polar surface area (TPSA) is 49.9 Å². The van der Waals surface area contributed by atoms with Crippen molar-refractivity contribution in [2.45, 2.75) is 19.8 Å². The largest absolute Gasteiger partial charge is 0.384 e. The van der Waals surface area contributed by atoms with E-state index in [1.165, 1.54) is 5.56 Å². The molecule has 1 radical (unpaired) electrons. The van der Waals surface area contributed by atoms with Gasteiger partial charge in [0.2, 0.25) is 0 Å². The van der Waals surface area contributed by atoms with Gasteiger partial charge >= 0.3 is 0 Å². The highest BCUT2D eigenvalue weighted by atomic mass is 14.7. The number of aryl methyl sites for hydroxylation is 1. The monoisotopic (exact) mass is 237 g/mol. The normalized spacial score (nSPS) is 10.3. The molecule has 18 heavy (non-hydrogen) atoms. The maximum Gasteiger partial charge on any atom is 0.122 e. The molecule has 0 amide bonds. The van der Waals surface area contributed by atoms with Crippen molar-refractivity contribution in [3.05, 3.63) is 59.7 Å². The van der Waals surface area contributed by atoms with E-state index in [0.29, 0.717) is 0 Å². The minimum absolute atomic E-state index is 0.0906. The van der Waals surface area contributed by atoms with Crippen molar-refractivity contribution in [3.63, 3.8) is 0 Å². The fourth-order valence-corrected chi connectivity index (χ4v) is 1.94. The van der Waals surface area contributed by atoms with E-state index >= 15 is 0 Å². The number of nitrogen functional groups attached to an aromatic ring is 1. The van der Waals surface area contributed by atoms with Crippen LogP contribution in [0.15, 0.2) is 42.5 Å². The molecule has 2 rings (SSSR count). The van der Waals surface area contributed by atoms with Gasteiger partial charge in [-0.15, -0.1) is 0 Å². The van der Waals surface area contributed by atoms with Gasteiger partial charge in [-0.05, 0) is 35.2 Å². The summed E-state index contributed by atoms with van der Waals surface area (Å²) in [5.41, 5.74) is 9.67. The van der Waals surface area contributed by atoms with Gasteiger partial charge in [0, 0.05) is 5.56 Å². The first-order chi connectivity index (χ1) is 8.70. The van der Waals surface area contributed by atoms with Crippen molar-refractivity contribution >= 4 is 5.84 Å². The van der Waals surface area contributed by atoms with Gasteiger partial charge < -0.3 is 5.73 Å². The Morgan fingerprint density at radius 1 is 1.22 bits per heavy atom. The van der Waals surface area contributed by atoms with Gasteiger partial charge in [0.25, 0.3) is 0 Å². The Balaban J connectivity index is 2.30. The zero-order chi connectivity index (χ0) is 13.0. The van der Waals surface area contributed by atoms with E-state index in [1.807, 2.05) is 12.1 Å². The van der Waals surface area contributed by atoms with Crippen molar-refractivity contribution in [1.29, 1.82) is 5.41 Å². The van der Waals surface area contributed by atoms with Gasteiger partial charge in [-0.25, -0.2) is 0 Å². The van der Waals surface area contributed by atoms with Crippen LogP contribution in [0.25, 0.3) is 11.1 Å². The number of amidine groups is 1. The van der Waals surface area contributed by atoms with Crippen LogP contribution in [-0.2, 0) is 6.42 Å². The molecule has 0 aliphatic heterocycles. The Kier molecular flexibility index (Phi) is 3.78. The van der Waals surface area contributed by atoms with Crippen molar-refractivity contribution in [2.75, 3.05) is 0 Å². The molecule has 0 aliphatic rings. The lowest BCUT2D eigenvalue weighted by Gasteiger charge is -2.05. The number of hydrogen-bond donors (Lipinski definition) is 2. The zero-order valence-corrected chi connectivity index (χ0v) is 10.5. The van der Waals surface area contributed by atoms with Crippen molar-refractivity contribution in [2.24, 2.45) is 5.73 Å². The average molecular weight is 237 g/mol. The highest BCUT2D eigenvalue weighted by molar-refractivity contribution is 5.96. The minimum atomic E-state index is 0.0906. The lowest BCUT2D eigenvalue weighted by Crippen LogP contribution is -2.10. The van der Waals surface area contributed by atoms with Crippen LogP contribution in [0.4, 0.5) is 0 Å². The Hall–Kier alpha value is -2.09. The molecule has 0 aromatic heterocycles. The van der Waals surface area contributed by atoms with E-state index in [9.17, 15) is 0 Å². The van der Waals surface area contributed by atoms with E-state index < -0.39 is 0 Å². The molecule has 91 valence electrons. The van der Waals surface area contributed by atoms with Crippen LogP contribution in [0, 0.1) is 11.5 Å². The molecule has 0 saturated carbocycles. The lowest BCUT2D eigenvalue weighted by molar-refractivity contribution is 0.922. The second-order valence-corrected chi connectivity index (χ2v) is 4.35. The van der Waals surface area contributed by atoms with Crippen molar-refractivity contribution in [1.82, 2.24) is 0 Å². The van der Waals surface area contributed by atoms with Gasteiger partial charge in [-0.3, -0.25) is 5.41 Å². The molecule has 2 nitrogen and oxygen atoms in total. The smallest absolute Gasteiger partial charge is 0.122 e. The Morgan fingerprint density at radius 2 is 1.94 bits per heavy atom. The Labute approximate surface area is 108 Å². The summed E-state index contributed by atoms with van der Waals surface area (Å²) < 4.78 is 0. The highest BCUT2D eigenvalue weighted by Gasteiger charge is 2.01. The van der Waals surface area contributed by atoms with Gasteiger partial charge in [0.1, 0.15) is 5.84 Å². The average Bonchev–Trinajstić information content (AvgIpc) is 2.40. The fraction of sp³-hybridized carbons (Fsp3) is 0.188. The number of nitrogens with one attached hydrogen (secondary N) is 1. The Bertz CT molecular complexity index is 541. The molecule has 2 aromatic carbocycles. The van der Waals surface area contributed by atoms with E-state index in [-0.39, 0.29) is 5.84 Å². The zero-order valence-electron chi connectivity index (χ0n) is 10.5. The third-order valence-corrected chi connectivity index (χ3v) is 2.92. The second-order valence-electron chi connectivity index (χ2n) is 4.35. The first kappa shape index (κ1) is 12.4. The summed E-state index contributed by atoms with van der Waals surface area (Å²) in [4.78, 5) is 0. The predicted octanol–water partition coefficient (Wildman–Crippen LogP) is 3.39. The molecule has 0 atom stereocenters. The van der Waals surface area contributed by atoms with Crippen LogP contribution < -0.4 is 5.73 Å². The maximum atomic E-state index is 7.45.